The van der Waals surface area contributed by atoms with Crippen LogP contribution in [0, 0.1) is 0 Å². The first-order valence-corrected chi connectivity index (χ1v) is 9.28. The summed E-state index contributed by atoms with van der Waals surface area (Å²) in [6.07, 6.45) is -5.79. The molecular weight excluding hydrogens is 370 g/mol. The van der Waals surface area contributed by atoms with Crippen LogP contribution < -0.4 is 4.74 Å². The van der Waals surface area contributed by atoms with E-state index >= 15 is 0 Å². The van der Waals surface area contributed by atoms with Gasteiger partial charge in [0.25, 0.3) is 0 Å². The molecule has 9 nitrogen and oxygen atoms in total. The molecule has 8 atom stereocenters. The van der Waals surface area contributed by atoms with Crippen molar-refractivity contribution in [3.8, 4) is 5.75 Å². The van der Waals surface area contributed by atoms with E-state index < -0.39 is 42.6 Å². The van der Waals surface area contributed by atoms with Gasteiger partial charge in [-0.2, -0.15) is 0 Å². The van der Waals surface area contributed by atoms with E-state index in [0.29, 0.717) is 12.3 Å². The summed E-state index contributed by atoms with van der Waals surface area (Å²) >= 11 is 0. The fraction of sp³-hybridized carbons (Fsp3) is 0.684. The number of methoxy groups -OCH3 is 2. The number of rotatable bonds is 3. The summed E-state index contributed by atoms with van der Waals surface area (Å²) in [5.41, 5.74) is 0.861. The molecule has 0 amide bonds. The van der Waals surface area contributed by atoms with Crippen LogP contribution in [-0.4, -0.2) is 97.2 Å². The van der Waals surface area contributed by atoms with Crippen molar-refractivity contribution in [3.05, 3.63) is 29.8 Å². The van der Waals surface area contributed by atoms with Gasteiger partial charge in [0.05, 0.1) is 19.3 Å². The van der Waals surface area contributed by atoms with Crippen molar-refractivity contribution in [1.82, 2.24) is 4.90 Å². The largest absolute Gasteiger partial charge is 0.497 e. The third kappa shape index (κ3) is 3.12. The van der Waals surface area contributed by atoms with Crippen molar-refractivity contribution >= 4 is 0 Å². The SMILES string of the molecule is COc1ccc([C@H]2OC[C@@]3(OC)O[C@@H](O[C@H]4[C@@H]2N(C)C[C@@H]4O)[C@H](O)[C@@H]3O)cc1. The summed E-state index contributed by atoms with van der Waals surface area (Å²) in [5, 5.41) is 31.4. The molecule has 0 radical (unpaired) electrons. The lowest BCUT2D eigenvalue weighted by molar-refractivity contribution is -0.300. The maximum Gasteiger partial charge on any atom is 0.223 e. The summed E-state index contributed by atoms with van der Waals surface area (Å²) in [7, 11) is 4.86. The Labute approximate surface area is 163 Å². The topological polar surface area (TPSA) is 110 Å². The van der Waals surface area contributed by atoms with Crippen LogP contribution >= 0.6 is 0 Å². The molecule has 0 aliphatic carbocycles. The van der Waals surface area contributed by atoms with Crippen LogP contribution in [0.15, 0.2) is 24.3 Å². The molecule has 0 unspecified atom stereocenters. The molecule has 3 saturated heterocycles. The standard InChI is InChI=1S/C19H27NO8/c1-20-8-12(21)16-13(20)15(10-4-6-11(24-2)7-5-10)26-9-19(25-3)17(23)14(22)18(27-16)28-19/h4-7,12-18,21-23H,8-9H2,1-3H3/t12-,13+,14+,15+,16+,17-,18+,19+/m0/s1. The Balaban J connectivity index is 1.72. The summed E-state index contributed by atoms with van der Waals surface area (Å²) < 4.78 is 28.5. The van der Waals surface area contributed by atoms with Gasteiger partial charge >= 0.3 is 0 Å². The van der Waals surface area contributed by atoms with E-state index in [1.807, 2.05) is 36.2 Å². The van der Waals surface area contributed by atoms with Crippen molar-refractivity contribution in [2.75, 3.05) is 34.4 Å². The van der Waals surface area contributed by atoms with Gasteiger partial charge in [-0.3, -0.25) is 4.90 Å². The second kappa shape index (κ2) is 7.51. The molecule has 3 fully saturated rings. The van der Waals surface area contributed by atoms with E-state index in [2.05, 4.69) is 0 Å². The van der Waals surface area contributed by atoms with E-state index in [1.54, 1.807) is 7.11 Å². The molecule has 156 valence electrons. The van der Waals surface area contributed by atoms with Crippen LogP contribution in [-0.2, 0) is 18.9 Å². The predicted octanol–water partition coefficient (Wildman–Crippen LogP) is -0.753. The maximum atomic E-state index is 10.6. The van der Waals surface area contributed by atoms with E-state index in [-0.39, 0.29) is 12.6 Å². The van der Waals surface area contributed by atoms with Gasteiger partial charge in [0.2, 0.25) is 5.79 Å². The van der Waals surface area contributed by atoms with Crippen molar-refractivity contribution < 1.29 is 39.0 Å². The van der Waals surface area contributed by atoms with Gasteiger partial charge in [-0.25, -0.2) is 0 Å². The van der Waals surface area contributed by atoms with E-state index in [0.717, 1.165) is 5.56 Å². The van der Waals surface area contributed by atoms with Gasteiger partial charge in [-0.15, -0.1) is 0 Å². The number of ether oxygens (including phenoxy) is 5. The molecule has 3 N–H and O–H groups in total. The average Bonchev–Trinajstić information content (AvgIpc) is 3.14. The number of benzene rings is 1. The summed E-state index contributed by atoms with van der Waals surface area (Å²) in [5.74, 6) is -0.842. The lowest BCUT2D eigenvalue weighted by atomic mass is 9.96. The summed E-state index contributed by atoms with van der Waals surface area (Å²) in [6, 6.07) is 7.12. The molecule has 3 heterocycles. The lowest BCUT2D eigenvalue weighted by Gasteiger charge is -2.36. The zero-order valence-corrected chi connectivity index (χ0v) is 16.1. The zero-order chi connectivity index (χ0) is 20.1. The Morgan fingerprint density at radius 1 is 1.14 bits per heavy atom. The Bertz CT molecular complexity index is 687. The summed E-state index contributed by atoms with van der Waals surface area (Å²) in [6.45, 7) is 0.261. The number of β-amino-alcohol motifs (C(OH)–C–C–N with tert-alkyl or cyclic N) is 1. The molecule has 3 aliphatic rings. The third-order valence-corrected chi connectivity index (χ3v) is 5.92. The highest BCUT2D eigenvalue weighted by Gasteiger charge is 2.60. The number of fused-ring (bicyclic) bond motifs is 3. The minimum absolute atomic E-state index is 0.120. The fourth-order valence-corrected chi connectivity index (χ4v) is 4.32. The minimum Gasteiger partial charge on any atom is -0.497 e. The first-order chi connectivity index (χ1) is 13.4. The molecule has 3 aliphatic heterocycles. The van der Waals surface area contributed by atoms with E-state index in [9.17, 15) is 15.3 Å². The lowest BCUT2D eigenvalue weighted by Crippen LogP contribution is -2.51. The number of nitrogens with zero attached hydrogens (tertiary/aromatic N) is 1. The monoisotopic (exact) mass is 397 g/mol. The van der Waals surface area contributed by atoms with Gasteiger partial charge in [0.1, 0.15) is 36.8 Å². The van der Waals surface area contributed by atoms with Crippen molar-refractivity contribution in [2.45, 2.75) is 48.6 Å². The molecule has 1 aromatic carbocycles. The number of likely N-dealkylation sites (tertiary alicyclic amines) is 1. The Morgan fingerprint density at radius 3 is 2.50 bits per heavy atom. The van der Waals surface area contributed by atoms with Crippen LogP contribution in [0.25, 0.3) is 0 Å². The number of aliphatic hydroxyl groups is 3. The second-order valence-corrected chi connectivity index (χ2v) is 7.54. The molecule has 1 aromatic rings. The number of likely N-dealkylation sites (N-methyl/N-ethyl adjacent to an activating group) is 1. The fourth-order valence-electron chi connectivity index (χ4n) is 4.32. The van der Waals surface area contributed by atoms with Crippen LogP contribution in [0.1, 0.15) is 11.7 Å². The van der Waals surface area contributed by atoms with Crippen molar-refractivity contribution in [1.29, 1.82) is 0 Å². The Kier molecular flexibility index (Phi) is 5.36. The van der Waals surface area contributed by atoms with Gasteiger partial charge in [0, 0.05) is 13.7 Å². The normalized spacial score (nSPS) is 43.9. The molecule has 28 heavy (non-hydrogen) atoms. The van der Waals surface area contributed by atoms with Crippen molar-refractivity contribution in [3.63, 3.8) is 0 Å². The average molecular weight is 397 g/mol. The third-order valence-electron chi connectivity index (χ3n) is 5.92. The van der Waals surface area contributed by atoms with Gasteiger partial charge < -0.3 is 39.0 Å². The number of aliphatic hydroxyl groups excluding tert-OH is 3. The molecular formula is C19H27NO8. The molecule has 9 heteroatoms. The van der Waals surface area contributed by atoms with Crippen LogP contribution in [0.2, 0.25) is 0 Å². The second-order valence-electron chi connectivity index (χ2n) is 7.54. The smallest absolute Gasteiger partial charge is 0.223 e. The molecule has 2 bridgehead atoms. The van der Waals surface area contributed by atoms with Crippen molar-refractivity contribution in [2.24, 2.45) is 0 Å². The molecule has 0 aromatic heterocycles. The predicted molar refractivity (Wildman–Crippen MR) is 95.6 cm³/mol. The maximum absolute atomic E-state index is 10.6. The Morgan fingerprint density at radius 2 is 1.86 bits per heavy atom. The van der Waals surface area contributed by atoms with Gasteiger partial charge in [0.15, 0.2) is 6.29 Å². The van der Waals surface area contributed by atoms with Gasteiger partial charge in [-0.05, 0) is 24.7 Å². The van der Waals surface area contributed by atoms with Gasteiger partial charge in [-0.1, -0.05) is 12.1 Å². The number of hydrogen-bond donors (Lipinski definition) is 3. The van der Waals surface area contributed by atoms with Crippen LogP contribution in [0.4, 0.5) is 0 Å². The number of hydrogen-bond acceptors (Lipinski definition) is 9. The van der Waals surface area contributed by atoms with Crippen LogP contribution in [0.5, 0.6) is 5.75 Å². The highest BCUT2D eigenvalue weighted by molar-refractivity contribution is 5.30. The summed E-state index contributed by atoms with van der Waals surface area (Å²) in [4.78, 5) is 1.96. The van der Waals surface area contributed by atoms with Crippen LogP contribution in [0.3, 0.4) is 0 Å². The first kappa shape index (κ1) is 20.0. The Hall–Kier alpha value is -1.30. The van der Waals surface area contributed by atoms with E-state index in [1.165, 1.54) is 7.11 Å². The molecule has 0 spiro atoms. The molecule has 4 rings (SSSR count). The highest BCUT2D eigenvalue weighted by atomic mass is 16.8. The quantitative estimate of drug-likeness (QED) is 0.607. The van der Waals surface area contributed by atoms with E-state index in [4.69, 9.17) is 23.7 Å². The minimum atomic E-state index is -1.56. The molecule has 0 saturated carbocycles. The first-order valence-electron chi connectivity index (χ1n) is 9.28. The highest BCUT2D eigenvalue weighted by Crippen LogP contribution is 2.42. The zero-order valence-electron chi connectivity index (χ0n) is 16.1.